The van der Waals surface area contributed by atoms with Crippen LogP contribution in [0.3, 0.4) is 0 Å². The molecule has 0 radical (unpaired) electrons. The third kappa shape index (κ3) is 2.92. The molecule has 1 atom stereocenters. The molecule has 0 saturated heterocycles. The van der Waals surface area contributed by atoms with Crippen molar-refractivity contribution < 1.29 is 19.0 Å². The monoisotopic (exact) mass is 304 g/mol. The first-order valence-corrected chi connectivity index (χ1v) is 7.42. The molecule has 1 aromatic carbocycles. The number of hydrogen-bond donors (Lipinski definition) is 1. The molecule has 2 aromatic rings. The molecule has 0 amide bonds. The standard InChI is InChI=1S/C14H13N3O3S/c15-14-17(16-8-21-14)7-11(18)6-10-5-9-3-1-2-4-12(9)20-13(10)19/h1-4,8,10,15H,5-7H2/p+1. The Balaban J connectivity index is 1.67. The van der Waals surface area contributed by atoms with Gasteiger partial charge in [0.25, 0.3) is 0 Å². The molecule has 6 nitrogen and oxygen atoms in total. The number of anilines is 1. The topological polar surface area (TPSA) is 86.2 Å². The summed E-state index contributed by atoms with van der Waals surface area (Å²) in [5, 5.41) is 4.45. The van der Waals surface area contributed by atoms with Crippen molar-refractivity contribution in [1.29, 1.82) is 0 Å². The minimum absolute atomic E-state index is 0.0841. The van der Waals surface area contributed by atoms with E-state index in [-0.39, 0.29) is 24.7 Å². The maximum absolute atomic E-state index is 12.1. The van der Waals surface area contributed by atoms with Gasteiger partial charge in [-0.3, -0.25) is 15.3 Å². The van der Waals surface area contributed by atoms with Gasteiger partial charge in [0.1, 0.15) is 11.3 Å². The van der Waals surface area contributed by atoms with Gasteiger partial charge in [-0.25, -0.2) is 0 Å². The number of nitrogens with zero attached hydrogens (tertiary/aromatic N) is 2. The Morgan fingerprint density at radius 2 is 2.29 bits per heavy atom. The normalized spacial score (nSPS) is 17.1. The molecule has 0 spiro atoms. The highest BCUT2D eigenvalue weighted by Gasteiger charge is 2.30. The van der Waals surface area contributed by atoms with Crippen molar-refractivity contribution in [1.82, 2.24) is 5.10 Å². The van der Waals surface area contributed by atoms with Crippen LogP contribution in [0.5, 0.6) is 5.75 Å². The number of fused-ring (bicyclic) bond motifs is 1. The summed E-state index contributed by atoms with van der Waals surface area (Å²) >= 11 is 1.27. The van der Waals surface area contributed by atoms with Crippen molar-refractivity contribution in [2.75, 3.05) is 5.73 Å². The van der Waals surface area contributed by atoms with E-state index in [0.29, 0.717) is 17.3 Å². The lowest BCUT2D eigenvalue weighted by Gasteiger charge is -2.22. The number of Topliss-reactive ketones (excluding diaryl/α,β-unsaturated/α-hetero) is 1. The lowest BCUT2D eigenvalue weighted by Crippen LogP contribution is -2.42. The summed E-state index contributed by atoms with van der Waals surface area (Å²) < 4.78 is 6.71. The Labute approximate surface area is 125 Å². The van der Waals surface area contributed by atoms with Gasteiger partial charge < -0.3 is 4.74 Å². The number of nitrogen functional groups attached to an aromatic ring is 1. The number of benzene rings is 1. The summed E-state index contributed by atoms with van der Waals surface area (Å²) in [4.78, 5) is 24.0. The zero-order chi connectivity index (χ0) is 14.8. The molecule has 2 N–H and O–H groups in total. The molecule has 0 saturated carbocycles. The van der Waals surface area contributed by atoms with Crippen LogP contribution in [0.2, 0.25) is 0 Å². The first-order chi connectivity index (χ1) is 10.1. The number of carbonyl (C=O) groups excluding carboxylic acids is 2. The maximum Gasteiger partial charge on any atom is 0.354 e. The number of nitrogens with two attached hydrogens (primary N) is 1. The lowest BCUT2D eigenvalue weighted by molar-refractivity contribution is -0.724. The summed E-state index contributed by atoms with van der Waals surface area (Å²) in [5.74, 6) is -0.283. The van der Waals surface area contributed by atoms with E-state index in [9.17, 15) is 9.59 Å². The van der Waals surface area contributed by atoms with Crippen molar-refractivity contribution in [2.24, 2.45) is 5.92 Å². The molecule has 1 aliphatic heterocycles. The van der Waals surface area contributed by atoms with Crippen molar-refractivity contribution in [3.05, 3.63) is 35.3 Å². The van der Waals surface area contributed by atoms with Crippen LogP contribution in [0.4, 0.5) is 5.13 Å². The highest BCUT2D eigenvalue weighted by molar-refractivity contribution is 7.12. The minimum Gasteiger partial charge on any atom is -0.426 e. The van der Waals surface area contributed by atoms with Gasteiger partial charge in [-0.2, -0.15) is 0 Å². The van der Waals surface area contributed by atoms with Gasteiger partial charge in [-0.1, -0.05) is 23.3 Å². The molecule has 0 fully saturated rings. The van der Waals surface area contributed by atoms with E-state index in [1.807, 2.05) is 18.2 Å². The van der Waals surface area contributed by atoms with Crippen LogP contribution >= 0.6 is 11.3 Å². The molecule has 7 heteroatoms. The first-order valence-electron chi connectivity index (χ1n) is 6.54. The fourth-order valence-electron chi connectivity index (χ4n) is 2.35. The summed E-state index contributed by atoms with van der Waals surface area (Å²) in [6.45, 7) is 0.0841. The Morgan fingerprint density at radius 3 is 3.05 bits per heavy atom. The molecular weight excluding hydrogens is 290 g/mol. The second kappa shape index (κ2) is 5.61. The fraction of sp³-hybridized carbons (Fsp3) is 0.286. The Morgan fingerprint density at radius 1 is 1.48 bits per heavy atom. The van der Waals surface area contributed by atoms with Gasteiger partial charge in [0.15, 0.2) is 12.3 Å². The van der Waals surface area contributed by atoms with Gasteiger partial charge in [0.2, 0.25) is 0 Å². The molecule has 1 aliphatic rings. The number of carbonyl (C=O) groups is 2. The predicted molar refractivity (Wildman–Crippen MR) is 75.6 cm³/mol. The second-order valence-electron chi connectivity index (χ2n) is 4.91. The van der Waals surface area contributed by atoms with Crippen molar-refractivity contribution >= 4 is 28.2 Å². The molecule has 1 unspecified atom stereocenters. The van der Waals surface area contributed by atoms with Crippen LogP contribution in [0.1, 0.15) is 12.0 Å². The van der Waals surface area contributed by atoms with Crippen molar-refractivity contribution in [2.45, 2.75) is 19.4 Å². The number of aromatic nitrogens is 2. The van der Waals surface area contributed by atoms with E-state index >= 15 is 0 Å². The lowest BCUT2D eigenvalue weighted by atomic mass is 9.92. The largest absolute Gasteiger partial charge is 0.426 e. The molecular formula is C14H14N3O3S+. The van der Waals surface area contributed by atoms with Crippen LogP contribution < -0.4 is 15.2 Å². The van der Waals surface area contributed by atoms with Gasteiger partial charge in [0.05, 0.1) is 5.92 Å². The molecule has 0 bridgehead atoms. The van der Waals surface area contributed by atoms with Gasteiger partial charge in [-0.05, 0) is 29.4 Å². The molecule has 108 valence electrons. The highest BCUT2D eigenvalue weighted by Crippen LogP contribution is 2.29. The zero-order valence-electron chi connectivity index (χ0n) is 11.2. The third-order valence-electron chi connectivity index (χ3n) is 3.40. The number of esters is 1. The summed E-state index contributed by atoms with van der Waals surface area (Å²) in [7, 11) is 0. The Bertz CT molecular complexity index is 698. The van der Waals surface area contributed by atoms with Gasteiger partial charge in [-0.15, -0.1) is 4.68 Å². The van der Waals surface area contributed by atoms with Crippen LogP contribution in [-0.2, 0) is 22.6 Å². The van der Waals surface area contributed by atoms with E-state index in [1.54, 1.807) is 11.6 Å². The number of ketones is 1. The Hall–Kier alpha value is -2.28. The quantitative estimate of drug-likeness (QED) is 0.512. The third-order valence-corrected chi connectivity index (χ3v) is 4.05. The van der Waals surface area contributed by atoms with Crippen molar-refractivity contribution in [3.63, 3.8) is 0 Å². The van der Waals surface area contributed by atoms with Crippen molar-refractivity contribution in [3.8, 4) is 5.75 Å². The average molecular weight is 304 g/mol. The van der Waals surface area contributed by atoms with E-state index in [0.717, 1.165) is 5.56 Å². The smallest absolute Gasteiger partial charge is 0.354 e. The Kier molecular flexibility index (Phi) is 3.66. The van der Waals surface area contributed by atoms with Crippen LogP contribution in [0, 0.1) is 5.92 Å². The van der Waals surface area contributed by atoms with Crippen LogP contribution in [-0.4, -0.2) is 16.9 Å². The number of hydrogen-bond acceptors (Lipinski definition) is 6. The number of rotatable bonds is 4. The summed E-state index contributed by atoms with van der Waals surface area (Å²) in [6.07, 6.45) is 0.662. The molecule has 21 heavy (non-hydrogen) atoms. The zero-order valence-corrected chi connectivity index (χ0v) is 12.0. The average Bonchev–Trinajstić information content (AvgIpc) is 2.85. The predicted octanol–water partition coefficient (Wildman–Crippen LogP) is 0.750. The molecule has 1 aromatic heterocycles. The highest BCUT2D eigenvalue weighted by atomic mass is 32.1. The van der Waals surface area contributed by atoms with E-state index in [1.165, 1.54) is 16.0 Å². The summed E-state index contributed by atoms with van der Waals surface area (Å²) in [6, 6.07) is 7.38. The van der Waals surface area contributed by atoms with E-state index < -0.39 is 5.92 Å². The first kappa shape index (κ1) is 13.7. The van der Waals surface area contributed by atoms with Crippen LogP contribution in [0.15, 0.2) is 29.8 Å². The number of ether oxygens (including phenoxy) is 1. The number of para-hydroxylation sites is 1. The summed E-state index contributed by atoms with van der Waals surface area (Å²) in [5.41, 5.74) is 8.22. The van der Waals surface area contributed by atoms with Gasteiger partial charge >= 0.3 is 11.1 Å². The molecule has 0 aliphatic carbocycles. The molecule has 2 heterocycles. The van der Waals surface area contributed by atoms with E-state index in [4.69, 9.17) is 10.5 Å². The maximum atomic E-state index is 12.1. The second-order valence-corrected chi connectivity index (χ2v) is 5.77. The van der Waals surface area contributed by atoms with Gasteiger partial charge in [0, 0.05) is 6.42 Å². The van der Waals surface area contributed by atoms with Crippen LogP contribution in [0.25, 0.3) is 0 Å². The molecule has 3 rings (SSSR count). The SMILES string of the molecule is Nc1scn[n+]1CC(=O)CC1Cc2ccccc2OC1=O. The minimum atomic E-state index is -0.437. The van der Waals surface area contributed by atoms with E-state index in [2.05, 4.69) is 5.10 Å². The fourth-order valence-corrected chi connectivity index (χ4v) is 2.85.